The topological polar surface area (TPSA) is 71.3 Å². The molecule has 2 aromatic heterocycles. The molecule has 1 fully saturated rings. The maximum Gasteiger partial charge on any atom is 0.251 e. The van der Waals surface area contributed by atoms with Crippen LogP contribution in [0.15, 0.2) is 41.0 Å². The zero-order chi connectivity index (χ0) is 19.5. The van der Waals surface area contributed by atoms with E-state index < -0.39 is 0 Å². The van der Waals surface area contributed by atoms with E-state index in [0.29, 0.717) is 18.0 Å². The number of rotatable bonds is 5. The fourth-order valence-corrected chi connectivity index (χ4v) is 3.80. The fraction of sp³-hybridized carbons (Fsp3) is 0.409. The van der Waals surface area contributed by atoms with Crippen molar-refractivity contribution >= 4 is 16.9 Å². The van der Waals surface area contributed by atoms with E-state index in [1.165, 1.54) is 0 Å². The van der Waals surface area contributed by atoms with E-state index >= 15 is 0 Å². The predicted octanol–water partition coefficient (Wildman–Crippen LogP) is 3.48. The largest absolute Gasteiger partial charge is 0.468 e. The predicted molar refractivity (Wildman–Crippen MR) is 108 cm³/mol. The molecule has 0 spiro atoms. The van der Waals surface area contributed by atoms with Crippen molar-refractivity contribution in [3.63, 3.8) is 0 Å². The molecule has 3 aromatic rings. The number of benzene rings is 1. The van der Waals surface area contributed by atoms with Crippen molar-refractivity contribution in [2.75, 3.05) is 19.6 Å². The van der Waals surface area contributed by atoms with Gasteiger partial charge in [0.05, 0.1) is 35.2 Å². The monoisotopic (exact) mass is 378 g/mol. The SMILES string of the molecule is Cc1nc2ccc(C(=O)NCC3CCCN(Cc4ccco4)C3)cc2nc1C. The molecule has 0 aliphatic carbocycles. The lowest BCUT2D eigenvalue weighted by atomic mass is 9.97. The molecule has 1 N–H and O–H groups in total. The van der Waals surface area contributed by atoms with Gasteiger partial charge in [-0.2, -0.15) is 0 Å². The summed E-state index contributed by atoms with van der Waals surface area (Å²) in [7, 11) is 0. The van der Waals surface area contributed by atoms with Crippen LogP contribution in [-0.2, 0) is 6.54 Å². The Kier molecular flexibility index (Phi) is 5.39. The molecule has 1 saturated heterocycles. The van der Waals surface area contributed by atoms with E-state index in [4.69, 9.17) is 4.42 Å². The molecule has 6 nitrogen and oxygen atoms in total. The molecule has 1 aromatic carbocycles. The summed E-state index contributed by atoms with van der Waals surface area (Å²) in [6.07, 6.45) is 4.00. The van der Waals surface area contributed by atoms with Gasteiger partial charge in [0, 0.05) is 18.7 Å². The van der Waals surface area contributed by atoms with Crippen molar-refractivity contribution in [2.24, 2.45) is 5.92 Å². The number of carbonyl (C=O) groups is 1. The van der Waals surface area contributed by atoms with Crippen molar-refractivity contribution < 1.29 is 9.21 Å². The Labute approximate surface area is 165 Å². The highest BCUT2D eigenvalue weighted by atomic mass is 16.3. The second kappa shape index (κ2) is 8.10. The molecule has 0 saturated carbocycles. The van der Waals surface area contributed by atoms with Crippen LogP contribution in [-0.4, -0.2) is 40.4 Å². The maximum atomic E-state index is 12.6. The number of nitrogens with one attached hydrogen (secondary N) is 1. The van der Waals surface area contributed by atoms with Crippen LogP contribution in [0.25, 0.3) is 11.0 Å². The quantitative estimate of drug-likeness (QED) is 0.736. The molecular formula is C22H26N4O2. The van der Waals surface area contributed by atoms with Crippen molar-refractivity contribution in [1.29, 1.82) is 0 Å². The van der Waals surface area contributed by atoms with Crippen molar-refractivity contribution in [3.8, 4) is 0 Å². The lowest BCUT2D eigenvalue weighted by molar-refractivity contribution is 0.0928. The summed E-state index contributed by atoms with van der Waals surface area (Å²) in [5, 5.41) is 3.10. The third-order valence-electron chi connectivity index (χ3n) is 5.45. The third-order valence-corrected chi connectivity index (χ3v) is 5.45. The Morgan fingerprint density at radius 3 is 2.82 bits per heavy atom. The second-order valence-corrected chi connectivity index (χ2v) is 7.63. The standard InChI is InChI=1S/C22H26N4O2/c1-15-16(2)25-21-11-18(7-8-20(21)24-15)22(27)23-12-17-5-3-9-26(13-17)14-19-6-4-10-28-19/h4,6-8,10-11,17H,3,5,9,12-14H2,1-2H3,(H,23,27). The van der Waals surface area contributed by atoms with Gasteiger partial charge in [-0.15, -0.1) is 0 Å². The summed E-state index contributed by atoms with van der Waals surface area (Å²) < 4.78 is 5.46. The number of fused-ring (bicyclic) bond motifs is 1. The number of furan rings is 1. The smallest absolute Gasteiger partial charge is 0.251 e. The van der Waals surface area contributed by atoms with E-state index in [2.05, 4.69) is 20.2 Å². The Hall–Kier alpha value is -2.73. The molecule has 0 radical (unpaired) electrons. The minimum Gasteiger partial charge on any atom is -0.468 e. The van der Waals surface area contributed by atoms with E-state index in [1.807, 2.05) is 44.2 Å². The molecule has 1 unspecified atom stereocenters. The first-order chi connectivity index (χ1) is 13.6. The lowest BCUT2D eigenvalue weighted by Gasteiger charge is -2.32. The van der Waals surface area contributed by atoms with Crippen molar-refractivity contribution in [3.05, 3.63) is 59.3 Å². The Balaban J connectivity index is 1.36. The first-order valence-corrected chi connectivity index (χ1v) is 9.86. The number of carbonyl (C=O) groups excluding carboxylic acids is 1. The fourth-order valence-electron chi connectivity index (χ4n) is 3.80. The van der Waals surface area contributed by atoms with Crippen LogP contribution >= 0.6 is 0 Å². The summed E-state index contributed by atoms with van der Waals surface area (Å²) >= 11 is 0. The third kappa shape index (κ3) is 4.22. The van der Waals surface area contributed by atoms with Crippen molar-refractivity contribution in [1.82, 2.24) is 20.2 Å². The highest BCUT2D eigenvalue weighted by Gasteiger charge is 2.21. The van der Waals surface area contributed by atoms with Gasteiger partial charge in [0.15, 0.2) is 0 Å². The average molecular weight is 378 g/mol. The van der Waals surface area contributed by atoms with Crippen molar-refractivity contribution in [2.45, 2.75) is 33.2 Å². The maximum absolute atomic E-state index is 12.6. The molecule has 1 atom stereocenters. The molecule has 6 heteroatoms. The number of likely N-dealkylation sites (tertiary alicyclic amines) is 1. The molecule has 3 heterocycles. The lowest BCUT2D eigenvalue weighted by Crippen LogP contribution is -2.40. The van der Waals surface area contributed by atoms with Crippen LogP contribution < -0.4 is 5.32 Å². The van der Waals surface area contributed by atoms with Gasteiger partial charge in [-0.1, -0.05) is 0 Å². The van der Waals surface area contributed by atoms with Gasteiger partial charge in [-0.3, -0.25) is 9.69 Å². The van der Waals surface area contributed by atoms with E-state index in [9.17, 15) is 4.79 Å². The van der Waals surface area contributed by atoms with Gasteiger partial charge in [0.25, 0.3) is 5.91 Å². The molecule has 0 bridgehead atoms. The summed E-state index contributed by atoms with van der Waals surface area (Å²) in [4.78, 5) is 24.1. The molecule has 1 aliphatic heterocycles. The molecule has 4 rings (SSSR count). The average Bonchev–Trinajstić information content (AvgIpc) is 3.20. The Bertz CT molecular complexity index is 968. The first-order valence-electron chi connectivity index (χ1n) is 9.86. The number of hydrogen-bond acceptors (Lipinski definition) is 5. The number of aryl methyl sites for hydroxylation is 2. The van der Waals surface area contributed by atoms with Crippen LogP contribution in [0.5, 0.6) is 0 Å². The molecule has 28 heavy (non-hydrogen) atoms. The van der Waals surface area contributed by atoms with Crippen LogP contribution in [0, 0.1) is 19.8 Å². The number of piperidine rings is 1. The normalized spacial score (nSPS) is 17.7. The Morgan fingerprint density at radius 2 is 2.04 bits per heavy atom. The van der Waals surface area contributed by atoms with Gasteiger partial charge in [0.2, 0.25) is 0 Å². The summed E-state index contributed by atoms with van der Waals surface area (Å²) in [6, 6.07) is 9.46. The van der Waals surface area contributed by atoms with Gasteiger partial charge >= 0.3 is 0 Å². The Morgan fingerprint density at radius 1 is 1.21 bits per heavy atom. The number of nitrogens with zero attached hydrogens (tertiary/aromatic N) is 3. The highest BCUT2D eigenvalue weighted by molar-refractivity contribution is 5.97. The van der Waals surface area contributed by atoms with Gasteiger partial charge < -0.3 is 9.73 Å². The van der Waals surface area contributed by atoms with E-state index in [1.54, 1.807) is 6.26 Å². The molecule has 1 amide bonds. The van der Waals surface area contributed by atoms with E-state index in [0.717, 1.165) is 60.7 Å². The number of amides is 1. The van der Waals surface area contributed by atoms with Crippen LogP contribution in [0.1, 0.15) is 40.3 Å². The highest BCUT2D eigenvalue weighted by Crippen LogP contribution is 2.19. The minimum absolute atomic E-state index is 0.0508. The zero-order valence-corrected chi connectivity index (χ0v) is 16.4. The van der Waals surface area contributed by atoms with Crippen LogP contribution in [0.2, 0.25) is 0 Å². The number of hydrogen-bond donors (Lipinski definition) is 1. The van der Waals surface area contributed by atoms with E-state index in [-0.39, 0.29) is 5.91 Å². The summed E-state index contributed by atoms with van der Waals surface area (Å²) in [6.45, 7) is 7.45. The second-order valence-electron chi connectivity index (χ2n) is 7.63. The first kappa shape index (κ1) is 18.6. The van der Waals surface area contributed by atoms with Gasteiger partial charge in [-0.25, -0.2) is 9.97 Å². The van der Waals surface area contributed by atoms with Crippen LogP contribution in [0.4, 0.5) is 0 Å². The van der Waals surface area contributed by atoms with Crippen LogP contribution in [0.3, 0.4) is 0 Å². The summed E-state index contributed by atoms with van der Waals surface area (Å²) in [5.41, 5.74) is 4.02. The zero-order valence-electron chi connectivity index (χ0n) is 16.4. The number of aromatic nitrogens is 2. The van der Waals surface area contributed by atoms with Gasteiger partial charge in [-0.05, 0) is 69.5 Å². The molecule has 1 aliphatic rings. The molecule has 146 valence electrons. The summed E-state index contributed by atoms with van der Waals surface area (Å²) in [5.74, 6) is 1.40. The minimum atomic E-state index is -0.0508. The van der Waals surface area contributed by atoms with Gasteiger partial charge in [0.1, 0.15) is 5.76 Å². The molecular weight excluding hydrogens is 352 g/mol.